The first-order chi connectivity index (χ1) is 16.0. The molecule has 1 fully saturated rings. The summed E-state index contributed by atoms with van der Waals surface area (Å²) in [6, 6.07) is 6.69. The molecule has 0 saturated heterocycles. The molecule has 3 aromatic rings. The molecule has 2 aliphatic rings. The van der Waals surface area contributed by atoms with Crippen LogP contribution in [0.4, 0.5) is 5.69 Å². The summed E-state index contributed by atoms with van der Waals surface area (Å²) in [5, 5.41) is 7.57. The number of aromatic nitrogens is 2. The third kappa shape index (κ3) is 4.16. The van der Waals surface area contributed by atoms with E-state index >= 15 is 0 Å². The molecule has 0 unspecified atom stereocenters. The zero-order chi connectivity index (χ0) is 24.3. The van der Waals surface area contributed by atoms with Gasteiger partial charge in [-0.2, -0.15) is 8.42 Å². The summed E-state index contributed by atoms with van der Waals surface area (Å²) < 4.78 is 40.7. The van der Waals surface area contributed by atoms with Crippen LogP contribution < -0.4 is 20.5 Å². The minimum atomic E-state index is -3.89. The molecule has 1 aromatic carbocycles. The SMILES string of the molecule is Cc1noc2nc(C3CC3)cc(C(=O)NC(C)(C)COc3cccc4c3C(N)=NS(=O)(=O)N4)c12. The lowest BCUT2D eigenvalue weighted by Gasteiger charge is -2.28. The van der Waals surface area contributed by atoms with Crippen LogP contribution in [-0.4, -0.2) is 42.4 Å². The van der Waals surface area contributed by atoms with Crippen LogP contribution in [0, 0.1) is 6.92 Å². The highest BCUT2D eigenvalue weighted by Gasteiger charge is 2.31. The molecule has 0 spiro atoms. The lowest BCUT2D eigenvalue weighted by Crippen LogP contribution is -2.48. The van der Waals surface area contributed by atoms with Crippen molar-refractivity contribution in [2.75, 3.05) is 11.3 Å². The largest absolute Gasteiger partial charge is 0.490 e. The summed E-state index contributed by atoms with van der Waals surface area (Å²) in [5.41, 5.74) is 7.96. The normalized spacial score (nSPS) is 17.0. The predicted octanol–water partition coefficient (Wildman–Crippen LogP) is 2.37. The van der Waals surface area contributed by atoms with E-state index in [9.17, 15) is 13.2 Å². The summed E-state index contributed by atoms with van der Waals surface area (Å²) in [4.78, 5) is 17.8. The summed E-state index contributed by atoms with van der Waals surface area (Å²) >= 11 is 0. The van der Waals surface area contributed by atoms with Gasteiger partial charge < -0.3 is 20.3 Å². The Hall–Kier alpha value is -3.67. The quantitative estimate of drug-likeness (QED) is 0.480. The minimum absolute atomic E-state index is 0.0849. The fourth-order valence-corrected chi connectivity index (χ4v) is 4.73. The number of aryl methyl sites for hydroxylation is 1. The van der Waals surface area contributed by atoms with Gasteiger partial charge in [0, 0.05) is 11.6 Å². The molecule has 1 amide bonds. The van der Waals surface area contributed by atoms with Gasteiger partial charge in [-0.15, -0.1) is 4.40 Å². The van der Waals surface area contributed by atoms with Crippen molar-refractivity contribution in [3.8, 4) is 5.75 Å². The van der Waals surface area contributed by atoms with Crippen molar-refractivity contribution >= 4 is 38.7 Å². The van der Waals surface area contributed by atoms with E-state index in [1.54, 1.807) is 25.1 Å². The molecule has 0 radical (unpaired) electrons. The maximum Gasteiger partial charge on any atom is 0.344 e. The number of anilines is 1. The molecule has 1 saturated carbocycles. The van der Waals surface area contributed by atoms with Crippen LogP contribution in [-0.2, 0) is 10.2 Å². The van der Waals surface area contributed by atoms with E-state index in [1.807, 2.05) is 19.9 Å². The third-order valence-corrected chi connectivity index (χ3v) is 6.57. The second-order valence-electron chi connectivity index (χ2n) is 9.18. The second-order valence-corrected chi connectivity index (χ2v) is 10.5. The molecule has 1 aliphatic heterocycles. The number of hydrogen-bond donors (Lipinski definition) is 3. The second kappa shape index (κ2) is 7.69. The van der Waals surface area contributed by atoms with Gasteiger partial charge in [0.05, 0.1) is 33.4 Å². The fourth-order valence-electron chi connectivity index (χ4n) is 3.89. The fraction of sp³-hybridized carbons (Fsp3) is 0.364. The van der Waals surface area contributed by atoms with Crippen molar-refractivity contribution in [1.29, 1.82) is 0 Å². The molecule has 178 valence electrons. The Morgan fingerprint density at radius 3 is 2.85 bits per heavy atom. The molecule has 11 nitrogen and oxygen atoms in total. The molecule has 0 bridgehead atoms. The zero-order valence-electron chi connectivity index (χ0n) is 18.9. The number of carbonyl (C=O) groups is 1. The number of carbonyl (C=O) groups excluding carboxylic acids is 1. The Labute approximate surface area is 195 Å². The van der Waals surface area contributed by atoms with Crippen LogP contribution in [0.25, 0.3) is 11.1 Å². The predicted molar refractivity (Wildman–Crippen MR) is 125 cm³/mol. The van der Waals surface area contributed by atoms with Crippen LogP contribution in [0.15, 0.2) is 33.2 Å². The van der Waals surface area contributed by atoms with E-state index in [-0.39, 0.29) is 24.0 Å². The van der Waals surface area contributed by atoms with Crippen molar-refractivity contribution in [3.63, 3.8) is 0 Å². The van der Waals surface area contributed by atoms with E-state index < -0.39 is 15.7 Å². The molecular formula is C22H24N6O5S. The third-order valence-electron chi connectivity index (χ3n) is 5.66. The lowest BCUT2D eigenvalue weighted by molar-refractivity contribution is 0.0882. The highest BCUT2D eigenvalue weighted by molar-refractivity contribution is 7.91. The van der Waals surface area contributed by atoms with Crippen LogP contribution in [0.3, 0.4) is 0 Å². The van der Waals surface area contributed by atoms with Crippen molar-refractivity contribution in [3.05, 3.63) is 46.8 Å². The van der Waals surface area contributed by atoms with Gasteiger partial charge in [0.1, 0.15) is 12.4 Å². The van der Waals surface area contributed by atoms with E-state index in [1.165, 1.54) is 0 Å². The van der Waals surface area contributed by atoms with E-state index in [2.05, 4.69) is 24.6 Å². The summed E-state index contributed by atoms with van der Waals surface area (Å²) in [6.45, 7) is 5.50. The molecule has 34 heavy (non-hydrogen) atoms. The Bertz CT molecular complexity index is 1460. The smallest absolute Gasteiger partial charge is 0.344 e. The van der Waals surface area contributed by atoms with Crippen molar-refractivity contribution in [2.45, 2.75) is 45.1 Å². The van der Waals surface area contributed by atoms with Gasteiger partial charge in [0.25, 0.3) is 11.6 Å². The van der Waals surface area contributed by atoms with Crippen LogP contribution in [0.5, 0.6) is 5.75 Å². The van der Waals surface area contributed by atoms with Crippen molar-refractivity contribution in [2.24, 2.45) is 10.1 Å². The summed E-state index contributed by atoms with van der Waals surface area (Å²) in [6.07, 6.45) is 2.08. The number of amides is 1. The number of nitrogens with two attached hydrogens (primary N) is 1. The molecule has 2 aromatic heterocycles. The van der Waals surface area contributed by atoms with Gasteiger partial charge in [-0.05, 0) is 51.8 Å². The van der Waals surface area contributed by atoms with Crippen LogP contribution in [0.1, 0.15) is 59.9 Å². The zero-order valence-corrected chi connectivity index (χ0v) is 19.7. The summed E-state index contributed by atoms with van der Waals surface area (Å²) in [5.74, 6) is 0.228. The molecule has 3 heterocycles. The van der Waals surface area contributed by atoms with E-state index in [4.69, 9.17) is 15.0 Å². The average molecular weight is 485 g/mol. The Balaban J connectivity index is 1.37. The van der Waals surface area contributed by atoms with Gasteiger partial charge >= 0.3 is 10.2 Å². The highest BCUT2D eigenvalue weighted by Crippen LogP contribution is 2.40. The number of hydrogen-bond acceptors (Lipinski definition) is 8. The number of pyridine rings is 1. The van der Waals surface area contributed by atoms with E-state index in [0.29, 0.717) is 39.6 Å². The number of amidine groups is 1. The summed E-state index contributed by atoms with van der Waals surface area (Å²) in [7, 11) is -3.89. The first-order valence-electron chi connectivity index (χ1n) is 10.8. The number of nitrogens with zero attached hydrogens (tertiary/aromatic N) is 3. The van der Waals surface area contributed by atoms with Gasteiger partial charge in [-0.3, -0.25) is 9.52 Å². The molecule has 4 N–H and O–H groups in total. The molecule has 5 rings (SSSR count). The number of ether oxygens (including phenoxy) is 1. The first kappa shape index (κ1) is 22.1. The van der Waals surface area contributed by atoms with Crippen molar-refractivity contribution < 1.29 is 22.5 Å². The topological polar surface area (TPSA) is 162 Å². The van der Waals surface area contributed by atoms with Gasteiger partial charge in [-0.1, -0.05) is 11.2 Å². The average Bonchev–Trinajstić information content (AvgIpc) is 3.53. The van der Waals surface area contributed by atoms with Gasteiger partial charge in [0.2, 0.25) is 0 Å². The van der Waals surface area contributed by atoms with E-state index in [0.717, 1.165) is 18.5 Å². The molecule has 1 aliphatic carbocycles. The number of benzene rings is 1. The van der Waals surface area contributed by atoms with Gasteiger partial charge in [0.15, 0.2) is 5.84 Å². The monoisotopic (exact) mass is 484 g/mol. The minimum Gasteiger partial charge on any atom is -0.490 e. The molecule has 0 atom stereocenters. The number of fused-ring (bicyclic) bond motifs is 2. The maximum atomic E-state index is 13.3. The Morgan fingerprint density at radius 1 is 1.35 bits per heavy atom. The Kier molecular flexibility index (Phi) is 5.01. The number of nitrogens with one attached hydrogen (secondary N) is 2. The van der Waals surface area contributed by atoms with Crippen LogP contribution >= 0.6 is 0 Å². The number of rotatable bonds is 6. The molecular weight excluding hydrogens is 460 g/mol. The highest BCUT2D eigenvalue weighted by atomic mass is 32.2. The first-order valence-corrected chi connectivity index (χ1v) is 12.2. The van der Waals surface area contributed by atoms with Crippen molar-refractivity contribution in [1.82, 2.24) is 15.5 Å². The standard InChI is InChI=1S/C22H24N6O5S/c1-11-17-13(9-15(12-7-8-12)24-21(17)33-26-11)20(29)25-22(2,3)10-32-16-6-4-5-14-18(16)19(23)28-34(30,31)27-14/h4-6,9,12,27H,7-8,10H2,1-3H3,(H2,23,28)(H,25,29). The van der Waals surface area contributed by atoms with Crippen LogP contribution in [0.2, 0.25) is 0 Å². The Morgan fingerprint density at radius 2 is 2.12 bits per heavy atom. The maximum absolute atomic E-state index is 13.3. The molecule has 12 heteroatoms. The van der Waals surface area contributed by atoms with Gasteiger partial charge in [-0.25, -0.2) is 4.98 Å². The lowest BCUT2D eigenvalue weighted by atomic mass is 10.0.